The zero-order chi connectivity index (χ0) is 12.8. The summed E-state index contributed by atoms with van der Waals surface area (Å²) in [6.45, 7) is 2.24. The number of anilines is 2. The van der Waals surface area contributed by atoms with Crippen molar-refractivity contribution >= 4 is 39.5 Å². The lowest BCUT2D eigenvalue weighted by molar-refractivity contribution is -0.143. The van der Waals surface area contributed by atoms with Crippen LogP contribution in [0.4, 0.5) is 10.8 Å². The molecule has 0 aromatic carbocycles. The highest BCUT2D eigenvalue weighted by atomic mass is 32.1. The van der Waals surface area contributed by atoms with Crippen molar-refractivity contribution in [3.8, 4) is 0 Å². The molecule has 0 saturated heterocycles. The number of aryl methyl sites for hydroxylation is 1. The Morgan fingerprint density at radius 3 is 3.11 bits per heavy atom. The van der Waals surface area contributed by atoms with Crippen LogP contribution in [-0.2, 0) is 16.0 Å². The van der Waals surface area contributed by atoms with Gasteiger partial charge in [-0.1, -0.05) is 0 Å². The minimum absolute atomic E-state index is 0.169. The second-order valence-corrected chi connectivity index (χ2v) is 5.22. The van der Waals surface area contributed by atoms with Crippen LogP contribution in [0, 0.1) is 0 Å². The average Bonchev–Trinajstić information content (AvgIpc) is 2.99. The molecule has 2 aromatic heterocycles. The fourth-order valence-electron chi connectivity index (χ4n) is 1.40. The summed E-state index contributed by atoms with van der Waals surface area (Å²) in [5.41, 5.74) is 1.97. The van der Waals surface area contributed by atoms with E-state index in [2.05, 4.69) is 10.3 Å². The summed E-state index contributed by atoms with van der Waals surface area (Å²) in [5, 5.41) is 10.1. The molecule has 4 nitrogen and oxygen atoms in total. The molecule has 0 unspecified atom stereocenters. The van der Waals surface area contributed by atoms with Crippen LogP contribution >= 0.6 is 22.7 Å². The summed E-state index contributed by atoms with van der Waals surface area (Å²) in [6, 6.07) is 2.00. The molecule has 0 aliphatic heterocycles. The largest absolute Gasteiger partial charge is 0.466 e. The van der Waals surface area contributed by atoms with Crippen molar-refractivity contribution in [3.05, 3.63) is 27.9 Å². The SMILES string of the molecule is CCOC(=O)CCc1csc(Nc2ccsc2)n1. The van der Waals surface area contributed by atoms with E-state index in [1.807, 2.05) is 29.1 Å². The van der Waals surface area contributed by atoms with Gasteiger partial charge in [0.2, 0.25) is 0 Å². The van der Waals surface area contributed by atoms with Crippen molar-refractivity contribution in [2.75, 3.05) is 11.9 Å². The zero-order valence-electron chi connectivity index (χ0n) is 10.0. The van der Waals surface area contributed by atoms with Crippen LogP contribution in [0.5, 0.6) is 0 Å². The molecule has 0 atom stereocenters. The van der Waals surface area contributed by atoms with E-state index in [1.165, 1.54) is 0 Å². The lowest BCUT2D eigenvalue weighted by Gasteiger charge is -1.99. The van der Waals surface area contributed by atoms with E-state index < -0.39 is 0 Å². The molecule has 0 saturated carbocycles. The van der Waals surface area contributed by atoms with Gasteiger partial charge in [0.25, 0.3) is 0 Å². The minimum Gasteiger partial charge on any atom is -0.466 e. The first-order valence-corrected chi connectivity index (χ1v) is 7.49. The summed E-state index contributed by atoms with van der Waals surface area (Å²) >= 11 is 3.18. The second kappa shape index (κ2) is 6.51. The summed E-state index contributed by atoms with van der Waals surface area (Å²) in [6.07, 6.45) is 1.01. The number of rotatable bonds is 6. The number of carbonyl (C=O) groups is 1. The van der Waals surface area contributed by atoms with Gasteiger partial charge in [-0.2, -0.15) is 11.3 Å². The maximum absolute atomic E-state index is 11.2. The van der Waals surface area contributed by atoms with Crippen LogP contribution in [0.25, 0.3) is 0 Å². The summed E-state index contributed by atoms with van der Waals surface area (Å²) in [5.74, 6) is -0.169. The highest BCUT2D eigenvalue weighted by molar-refractivity contribution is 7.13. The van der Waals surface area contributed by atoms with Gasteiger partial charge in [-0.15, -0.1) is 11.3 Å². The Morgan fingerprint density at radius 2 is 2.39 bits per heavy atom. The lowest BCUT2D eigenvalue weighted by Crippen LogP contribution is -2.05. The van der Waals surface area contributed by atoms with E-state index in [-0.39, 0.29) is 5.97 Å². The molecule has 96 valence electrons. The van der Waals surface area contributed by atoms with Crippen LogP contribution in [-0.4, -0.2) is 17.6 Å². The third-order valence-electron chi connectivity index (χ3n) is 2.21. The van der Waals surface area contributed by atoms with Gasteiger partial charge >= 0.3 is 5.97 Å². The van der Waals surface area contributed by atoms with Crippen molar-refractivity contribution in [1.29, 1.82) is 0 Å². The predicted octanol–water partition coefficient (Wildman–Crippen LogP) is 3.44. The molecule has 0 spiro atoms. The smallest absolute Gasteiger partial charge is 0.306 e. The number of hydrogen-bond acceptors (Lipinski definition) is 6. The van der Waals surface area contributed by atoms with Crippen LogP contribution < -0.4 is 5.32 Å². The van der Waals surface area contributed by atoms with Crippen LogP contribution in [0.2, 0.25) is 0 Å². The van der Waals surface area contributed by atoms with Gasteiger partial charge in [-0.05, 0) is 18.4 Å². The molecule has 2 rings (SSSR count). The van der Waals surface area contributed by atoms with E-state index >= 15 is 0 Å². The van der Waals surface area contributed by atoms with E-state index in [0.29, 0.717) is 19.4 Å². The average molecular weight is 282 g/mol. The first kappa shape index (κ1) is 13.0. The van der Waals surface area contributed by atoms with Crippen molar-refractivity contribution in [2.24, 2.45) is 0 Å². The molecule has 6 heteroatoms. The highest BCUT2D eigenvalue weighted by Gasteiger charge is 2.06. The number of thiazole rings is 1. The summed E-state index contributed by atoms with van der Waals surface area (Å²) in [7, 11) is 0. The molecule has 0 aliphatic rings. The topological polar surface area (TPSA) is 51.2 Å². The van der Waals surface area contributed by atoms with Gasteiger partial charge in [0.05, 0.1) is 24.4 Å². The molecule has 0 bridgehead atoms. The maximum Gasteiger partial charge on any atom is 0.306 e. The quantitative estimate of drug-likeness (QED) is 0.825. The minimum atomic E-state index is -0.169. The fraction of sp³-hybridized carbons (Fsp3) is 0.333. The third-order valence-corrected chi connectivity index (χ3v) is 3.70. The molecule has 2 heterocycles. The van der Waals surface area contributed by atoms with Crippen molar-refractivity contribution in [3.63, 3.8) is 0 Å². The molecule has 0 fully saturated rings. The number of carbonyl (C=O) groups excluding carboxylic acids is 1. The number of nitrogens with zero attached hydrogens (tertiary/aromatic N) is 1. The first-order chi connectivity index (χ1) is 8.78. The number of thiophene rings is 1. The Balaban J connectivity index is 1.84. The van der Waals surface area contributed by atoms with Gasteiger partial charge in [-0.3, -0.25) is 4.79 Å². The van der Waals surface area contributed by atoms with Crippen LogP contribution in [0.15, 0.2) is 22.2 Å². The number of esters is 1. The Kier molecular flexibility index (Phi) is 4.72. The van der Waals surface area contributed by atoms with Crippen molar-refractivity contribution in [2.45, 2.75) is 19.8 Å². The molecule has 18 heavy (non-hydrogen) atoms. The van der Waals surface area contributed by atoms with Crippen LogP contribution in [0.1, 0.15) is 19.0 Å². The molecular weight excluding hydrogens is 268 g/mol. The Bertz CT molecular complexity index is 494. The van der Waals surface area contributed by atoms with E-state index in [1.54, 1.807) is 22.7 Å². The zero-order valence-corrected chi connectivity index (χ0v) is 11.6. The Morgan fingerprint density at radius 1 is 1.50 bits per heavy atom. The van der Waals surface area contributed by atoms with E-state index in [9.17, 15) is 4.79 Å². The molecular formula is C12H14N2O2S2. The lowest BCUT2D eigenvalue weighted by atomic mass is 10.2. The molecule has 0 amide bonds. The predicted molar refractivity (Wildman–Crippen MR) is 74.7 cm³/mol. The molecule has 1 N–H and O–H groups in total. The monoisotopic (exact) mass is 282 g/mol. The Hall–Kier alpha value is -1.40. The summed E-state index contributed by atoms with van der Waals surface area (Å²) < 4.78 is 4.88. The third kappa shape index (κ3) is 3.82. The van der Waals surface area contributed by atoms with Gasteiger partial charge < -0.3 is 10.1 Å². The standard InChI is InChI=1S/C12H14N2O2S2/c1-2-16-11(15)4-3-9-8-18-12(13-9)14-10-5-6-17-7-10/h5-8H,2-4H2,1H3,(H,13,14). The van der Waals surface area contributed by atoms with E-state index in [4.69, 9.17) is 4.74 Å². The number of ether oxygens (including phenoxy) is 1. The number of nitrogens with one attached hydrogen (secondary N) is 1. The van der Waals surface area contributed by atoms with Gasteiger partial charge in [0, 0.05) is 17.2 Å². The van der Waals surface area contributed by atoms with Gasteiger partial charge in [0.15, 0.2) is 5.13 Å². The van der Waals surface area contributed by atoms with Gasteiger partial charge in [-0.25, -0.2) is 4.98 Å². The van der Waals surface area contributed by atoms with Crippen molar-refractivity contribution in [1.82, 2.24) is 4.98 Å². The molecule has 0 aliphatic carbocycles. The van der Waals surface area contributed by atoms with Crippen molar-refractivity contribution < 1.29 is 9.53 Å². The number of hydrogen-bond donors (Lipinski definition) is 1. The molecule has 0 radical (unpaired) electrons. The van der Waals surface area contributed by atoms with Crippen LogP contribution in [0.3, 0.4) is 0 Å². The number of aromatic nitrogens is 1. The normalized spacial score (nSPS) is 10.3. The first-order valence-electron chi connectivity index (χ1n) is 5.67. The second-order valence-electron chi connectivity index (χ2n) is 3.59. The maximum atomic E-state index is 11.2. The molecule has 2 aromatic rings. The van der Waals surface area contributed by atoms with E-state index in [0.717, 1.165) is 16.5 Å². The Labute approximate surface area is 114 Å². The fourth-order valence-corrected chi connectivity index (χ4v) is 2.75. The highest BCUT2D eigenvalue weighted by Crippen LogP contribution is 2.23. The summed E-state index contributed by atoms with van der Waals surface area (Å²) in [4.78, 5) is 15.6. The van der Waals surface area contributed by atoms with Gasteiger partial charge in [0.1, 0.15) is 0 Å².